The Labute approximate surface area is 160 Å². The Kier molecular flexibility index (Phi) is 5.51. The zero-order valence-electron chi connectivity index (χ0n) is 15.3. The van der Waals surface area contributed by atoms with Gasteiger partial charge in [-0.05, 0) is 50.2 Å². The third kappa shape index (κ3) is 3.98. The number of nitrogens with zero attached hydrogens (tertiary/aromatic N) is 2. The molecular weight excluding hydrogens is 365 g/mol. The van der Waals surface area contributed by atoms with E-state index in [1.807, 2.05) is 30.3 Å². The highest BCUT2D eigenvalue weighted by atomic mass is 32.2. The lowest BCUT2D eigenvalue weighted by atomic mass is 10.3. The van der Waals surface area contributed by atoms with Gasteiger partial charge in [-0.3, -0.25) is 14.3 Å². The summed E-state index contributed by atoms with van der Waals surface area (Å²) >= 11 is 1.30. The first-order valence-corrected chi connectivity index (χ1v) is 9.33. The predicted molar refractivity (Wildman–Crippen MR) is 106 cm³/mol. The smallest absolute Gasteiger partial charge is 0.295 e. The highest BCUT2D eigenvalue weighted by Crippen LogP contribution is 2.24. The van der Waals surface area contributed by atoms with Gasteiger partial charge < -0.3 is 5.32 Å². The minimum Gasteiger partial charge on any atom is -0.319 e. The van der Waals surface area contributed by atoms with Crippen LogP contribution in [-0.4, -0.2) is 20.5 Å². The number of amides is 1. The fourth-order valence-corrected chi connectivity index (χ4v) is 3.58. The third-order valence-electron chi connectivity index (χ3n) is 4.30. The molecule has 3 aromatic rings. The molecule has 1 heterocycles. The Morgan fingerprint density at radius 1 is 1.11 bits per heavy atom. The van der Waals surface area contributed by atoms with Crippen LogP contribution in [0.2, 0.25) is 0 Å². The van der Waals surface area contributed by atoms with E-state index in [4.69, 9.17) is 0 Å². The van der Waals surface area contributed by atoms with E-state index in [0.717, 1.165) is 10.6 Å². The molecular formula is C20H20FN3O2S. The molecule has 1 atom stereocenters. The van der Waals surface area contributed by atoms with Crippen molar-refractivity contribution in [2.75, 3.05) is 5.32 Å². The minimum atomic E-state index is -0.445. The van der Waals surface area contributed by atoms with Gasteiger partial charge in [-0.2, -0.15) is 0 Å². The van der Waals surface area contributed by atoms with Crippen LogP contribution in [0.15, 0.2) is 64.3 Å². The molecule has 7 heteroatoms. The van der Waals surface area contributed by atoms with Crippen molar-refractivity contribution < 1.29 is 9.18 Å². The van der Waals surface area contributed by atoms with Gasteiger partial charge in [0.05, 0.1) is 16.6 Å². The maximum absolute atomic E-state index is 13.0. The Balaban J connectivity index is 1.82. The molecule has 0 fully saturated rings. The van der Waals surface area contributed by atoms with E-state index in [9.17, 15) is 14.0 Å². The summed E-state index contributed by atoms with van der Waals surface area (Å²) in [5, 5.41) is 2.31. The van der Waals surface area contributed by atoms with Gasteiger partial charge in [-0.25, -0.2) is 9.07 Å². The minimum absolute atomic E-state index is 0.262. The Morgan fingerprint density at radius 3 is 2.37 bits per heavy atom. The lowest BCUT2D eigenvalue weighted by Crippen LogP contribution is -2.27. The first-order chi connectivity index (χ1) is 12.9. The number of hydrogen-bond donors (Lipinski definition) is 1. The number of nitrogens with one attached hydrogen (secondary N) is 1. The van der Waals surface area contributed by atoms with E-state index < -0.39 is 5.25 Å². The van der Waals surface area contributed by atoms with Gasteiger partial charge in [-0.1, -0.05) is 18.2 Å². The fourth-order valence-electron chi connectivity index (χ4n) is 2.71. The predicted octanol–water partition coefficient (Wildman–Crippen LogP) is 3.74. The van der Waals surface area contributed by atoms with Crippen molar-refractivity contribution in [3.8, 4) is 5.69 Å². The van der Waals surface area contributed by atoms with E-state index in [1.165, 1.54) is 28.6 Å². The molecule has 140 valence electrons. The maximum Gasteiger partial charge on any atom is 0.295 e. The highest BCUT2D eigenvalue weighted by molar-refractivity contribution is 8.00. The lowest BCUT2D eigenvalue weighted by molar-refractivity contribution is -0.115. The second-order valence-electron chi connectivity index (χ2n) is 6.14. The number of carbonyl (C=O) groups is 1. The third-order valence-corrected chi connectivity index (χ3v) is 5.41. The van der Waals surface area contributed by atoms with E-state index >= 15 is 0 Å². The molecule has 0 saturated heterocycles. The summed E-state index contributed by atoms with van der Waals surface area (Å²) in [5.74, 6) is -0.604. The van der Waals surface area contributed by atoms with Crippen molar-refractivity contribution >= 4 is 23.4 Å². The van der Waals surface area contributed by atoms with Crippen molar-refractivity contribution in [2.45, 2.75) is 24.0 Å². The SMILES string of the molecule is Cc1c(NC(=O)[C@@H](C)Sc2ccc(F)cc2)c(=O)n(-c2ccccc2)n1C. The summed E-state index contributed by atoms with van der Waals surface area (Å²) in [6.07, 6.45) is 0. The normalized spacial score (nSPS) is 12.0. The summed E-state index contributed by atoms with van der Waals surface area (Å²) in [6, 6.07) is 15.2. The van der Waals surface area contributed by atoms with E-state index in [0.29, 0.717) is 5.69 Å². The van der Waals surface area contributed by atoms with Crippen LogP contribution in [0, 0.1) is 12.7 Å². The van der Waals surface area contributed by atoms with Crippen LogP contribution in [0.5, 0.6) is 0 Å². The Morgan fingerprint density at radius 2 is 1.74 bits per heavy atom. The van der Waals surface area contributed by atoms with Crippen LogP contribution >= 0.6 is 11.8 Å². The number of aromatic nitrogens is 2. The number of halogens is 1. The molecule has 0 unspecified atom stereocenters. The average molecular weight is 385 g/mol. The molecule has 3 rings (SSSR count). The van der Waals surface area contributed by atoms with Crippen LogP contribution in [0.1, 0.15) is 12.6 Å². The number of para-hydroxylation sites is 1. The largest absolute Gasteiger partial charge is 0.319 e. The zero-order chi connectivity index (χ0) is 19.6. The number of benzene rings is 2. The van der Waals surface area contributed by atoms with E-state index in [2.05, 4.69) is 5.32 Å². The van der Waals surface area contributed by atoms with Crippen molar-refractivity contribution in [2.24, 2.45) is 7.05 Å². The van der Waals surface area contributed by atoms with E-state index in [-0.39, 0.29) is 23.0 Å². The molecule has 0 bridgehead atoms. The second kappa shape index (κ2) is 7.84. The van der Waals surface area contributed by atoms with Gasteiger partial charge in [0.25, 0.3) is 5.56 Å². The average Bonchev–Trinajstić information content (AvgIpc) is 2.87. The topological polar surface area (TPSA) is 56.0 Å². The summed E-state index contributed by atoms with van der Waals surface area (Å²) in [6.45, 7) is 3.53. The summed E-state index contributed by atoms with van der Waals surface area (Å²) in [7, 11) is 1.77. The Bertz CT molecular complexity index is 1010. The molecule has 27 heavy (non-hydrogen) atoms. The number of thioether (sulfide) groups is 1. The molecule has 0 aliphatic carbocycles. The molecule has 5 nitrogen and oxygen atoms in total. The molecule has 1 amide bonds. The summed E-state index contributed by atoms with van der Waals surface area (Å²) in [4.78, 5) is 26.2. The first-order valence-electron chi connectivity index (χ1n) is 8.45. The monoisotopic (exact) mass is 385 g/mol. The van der Waals surface area contributed by atoms with Crippen LogP contribution < -0.4 is 10.9 Å². The molecule has 0 saturated carbocycles. The second-order valence-corrected chi connectivity index (χ2v) is 7.55. The molecule has 0 spiro atoms. The van der Waals surface area contributed by atoms with Gasteiger partial charge in [-0.15, -0.1) is 11.8 Å². The lowest BCUT2D eigenvalue weighted by Gasteiger charge is -2.11. The zero-order valence-corrected chi connectivity index (χ0v) is 16.1. The number of carbonyl (C=O) groups excluding carboxylic acids is 1. The molecule has 1 N–H and O–H groups in total. The van der Waals surface area contributed by atoms with Crippen LogP contribution in [0.25, 0.3) is 5.69 Å². The molecule has 2 aromatic carbocycles. The van der Waals surface area contributed by atoms with Crippen LogP contribution in [-0.2, 0) is 11.8 Å². The van der Waals surface area contributed by atoms with E-state index in [1.54, 1.807) is 37.7 Å². The number of rotatable bonds is 5. The summed E-state index contributed by atoms with van der Waals surface area (Å²) in [5.41, 5.74) is 1.37. The van der Waals surface area contributed by atoms with Gasteiger partial charge in [0, 0.05) is 11.9 Å². The molecule has 1 aromatic heterocycles. The van der Waals surface area contributed by atoms with Crippen LogP contribution in [0.4, 0.5) is 10.1 Å². The van der Waals surface area contributed by atoms with Gasteiger partial charge in [0.1, 0.15) is 11.5 Å². The van der Waals surface area contributed by atoms with Crippen molar-refractivity contribution in [3.05, 3.63) is 76.5 Å². The molecule has 0 aliphatic heterocycles. The molecule has 0 radical (unpaired) electrons. The quantitative estimate of drug-likeness (QED) is 0.681. The van der Waals surface area contributed by atoms with Gasteiger partial charge in [0.2, 0.25) is 5.91 Å². The summed E-state index contributed by atoms with van der Waals surface area (Å²) < 4.78 is 16.2. The van der Waals surface area contributed by atoms with Crippen molar-refractivity contribution in [1.82, 2.24) is 9.36 Å². The van der Waals surface area contributed by atoms with Gasteiger partial charge in [0.15, 0.2) is 0 Å². The Hall–Kier alpha value is -2.80. The highest BCUT2D eigenvalue weighted by Gasteiger charge is 2.21. The fraction of sp³-hybridized carbons (Fsp3) is 0.200. The first kappa shape index (κ1) is 19.0. The number of hydrogen-bond acceptors (Lipinski definition) is 3. The van der Waals surface area contributed by atoms with Crippen molar-refractivity contribution in [3.63, 3.8) is 0 Å². The van der Waals surface area contributed by atoms with Crippen LogP contribution in [0.3, 0.4) is 0 Å². The van der Waals surface area contributed by atoms with Crippen molar-refractivity contribution in [1.29, 1.82) is 0 Å². The number of anilines is 1. The standard InChI is InChI=1S/C20H20FN3O2S/c1-13-18(20(26)24(23(13)3)16-7-5-4-6-8-16)22-19(25)14(2)27-17-11-9-15(21)10-12-17/h4-12,14H,1-3H3,(H,22,25)/t14-/m1/s1. The molecule has 0 aliphatic rings. The van der Waals surface area contributed by atoms with Gasteiger partial charge >= 0.3 is 0 Å². The maximum atomic E-state index is 13.0.